The minimum Gasteiger partial charge on any atom is -0.489 e. The maximum atomic E-state index is 12.9. The summed E-state index contributed by atoms with van der Waals surface area (Å²) in [6, 6.07) is 48.3. The quantitative estimate of drug-likeness (QED) is 0.0949. The van der Waals surface area contributed by atoms with Crippen LogP contribution < -0.4 is 10.2 Å². The monoisotopic (exact) mass is 673 g/mol. The summed E-state index contributed by atoms with van der Waals surface area (Å²) in [5, 5.41) is 4.16. The summed E-state index contributed by atoms with van der Waals surface area (Å²) in [5.41, 5.74) is 10.5. The van der Waals surface area contributed by atoms with Gasteiger partial charge >= 0.3 is 0 Å². The van der Waals surface area contributed by atoms with Crippen molar-refractivity contribution in [1.29, 1.82) is 0 Å². The Balaban J connectivity index is 1.12. The molecule has 43 heavy (non-hydrogen) atoms. The molecule has 5 nitrogen and oxygen atoms in total. The summed E-state index contributed by atoms with van der Waals surface area (Å²) in [6.07, 6.45) is 1.62. The van der Waals surface area contributed by atoms with Crippen LogP contribution >= 0.6 is 22.6 Å². The lowest BCUT2D eigenvalue weighted by Gasteiger charge is -2.15. The standard InChI is InChI=1S/C37H28IN3O2/c38-32-17-11-28(12-18-32)26-43-34-21-13-27(14-22-34)25-39-40-37(42)31-15-19-33(20-16-31)41-35(29-7-3-1-4-8-29)23-24-36(41)30-9-5-2-6-10-30/h1-25H,26H2,(H,40,42)/b39-25-. The number of amides is 1. The molecular weight excluding hydrogens is 645 g/mol. The second kappa shape index (κ2) is 13.4. The molecule has 0 saturated heterocycles. The highest BCUT2D eigenvalue weighted by molar-refractivity contribution is 14.1. The number of aromatic nitrogens is 1. The van der Waals surface area contributed by atoms with Crippen molar-refractivity contribution in [2.24, 2.45) is 5.10 Å². The normalized spacial score (nSPS) is 11.0. The number of hydrazone groups is 1. The summed E-state index contributed by atoms with van der Waals surface area (Å²) in [5.74, 6) is 0.493. The van der Waals surface area contributed by atoms with Gasteiger partial charge < -0.3 is 9.30 Å². The Kier molecular flexibility index (Phi) is 8.75. The zero-order valence-electron chi connectivity index (χ0n) is 23.2. The summed E-state index contributed by atoms with van der Waals surface area (Å²) < 4.78 is 9.29. The average molecular weight is 674 g/mol. The van der Waals surface area contributed by atoms with Crippen molar-refractivity contribution in [3.63, 3.8) is 0 Å². The minimum absolute atomic E-state index is 0.278. The average Bonchev–Trinajstić information content (AvgIpc) is 3.51. The van der Waals surface area contributed by atoms with Gasteiger partial charge in [-0.2, -0.15) is 5.10 Å². The Morgan fingerprint density at radius 3 is 1.86 bits per heavy atom. The minimum atomic E-state index is -0.278. The first-order chi connectivity index (χ1) is 21.1. The van der Waals surface area contributed by atoms with Crippen molar-refractivity contribution < 1.29 is 9.53 Å². The number of ether oxygens (including phenoxy) is 1. The molecule has 1 heterocycles. The van der Waals surface area contributed by atoms with E-state index in [-0.39, 0.29) is 5.91 Å². The predicted octanol–water partition coefficient (Wildman–Crippen LogP) is 8.76. The molecule has 1 N–H and O–H groups in total. The summed E-state index contributed by atoms with van der Waals surface area (Å²) in [7, 11) is 0. The fourth-order valence-corrected chi connectivity index (χ4v) is 5.13. The molecule has 0 aliphatic heterocycles. The van der Waals surface area contributed by atoms with Crippen molar-refractivity contribution in [1.82, 2.24) is 9.99 Å². The number of nitrogens with one attached hydrogen (secondary N) is 1. The van der Waals surface area contributed by atoms with Gasteiger partial charge in [0.1, 0.15) is 12.4 Å². The molecule has 0 aliphatic rings. The Morgan fingerprint density at radius 1 is 0.698 bits per heavy atom. The first-order valence-electron chi connectivity index (χ1n) is 13.9. The van der Waals surface area contributed by atoms with Crippen LogP contribution in [0.5, 0.6) is 5.75 Å². The summed E-state index contributed by atoms with van der Waals surface area (Å²) >= 11 is 2.29. The lowest BCUT2D eigenvalue weighted by molar-refractivity contribution is 0.0955. The number of nitrogens with zero attached hydrogens (tertiary/aromatic N) is 2. The lowest BCUT2D eigenvalue weighted by Crippen LogP contribution is -2.17. The second-order valence-corrected chi connectivity index (χ2v) is 11.1. The van der Waals surface area contributed by atoms with Crippen LogP contribution in [-0.4, -0.2) is 16.7 Å². The predicted molar refractivity (Wildman–Crippen MR) is 182 cm³/mol. The van der Waals surface area contributed by atoms with Gasteiger partial charge in [-0.25, -0.2) is 5.43 Å². The molecule has 6 rings (SSSR count). The third-order valence-electron chi connectivity index (χ3n) is 6.99. The fraction of sp³-hybridized carbons (Fsp3) is 0.0270. The molecule has 0 saturated carbocycles. The van der Waals surface area contributed by atoms with Gasteiger partial charge in [0.2, 0.25) is 0 Å². The molecule has 0 radical (unpaired) electrons. The zero-order chi connectivity index (χ0) is 29.4. The molecule has 0 unspecified atom stereocenters. The second-order valence-electron chi connectivity index (χ2n) is 9.90. The van der Waals surface area contributed by atoms with Crippen LogP contribution in [0.15, 0.2) is 151 Å². The summed E-state index contributed by atoms with van der Waals surface area (Å²) in [4.78, 5) is 12.9. The molecule has 0 aliphatic carbocycles. The van der Waals surface area contributed by atoms with Crippen molar-refractivity contribution in [3.05, 3.63) is 166 Å². The number of carbonyl (C=O) groups excluding carboxylic acids is 1. The van der Waals surface area contributed by atoms with E-state index >= 15 is 0 Å². The third kappa shape index (κ3) is 6.93. The molecule has 0 spiro atoms. The van der Waals surface area contributed by atoms with Crippen molar-refractivity contribution in [3.8, 4) is 34.0 Å². The Labute approximate surface area is 264 Å². The van der Waals surface area contributed by atoms with E-state index in [4.69, 9.17) is 4.74 Å². The molecule has 6 aromatic rings. The van der Waals surface area contributed by atoms with E-state index in [2.05, 4.69) is 98.3 Å². The molecule has 210 valence electrons. The molecule has 0 fully saturated rings. The van der Waals surface area contributed by atoms with Gasteiger partial charge in [0, 0.05) is 14.8 Å². The van der Waals surface area contributed by atoms with Crippen molar-refractivity contribution in [2.75, 3.05) is 0 Å². The SMILES string of the molecule is O=C(N/N=C\c1ccc(OCc2ccc(I)cc2)cc1)c1ccc(-n2c(-c3ccccc3)ccc2-c2ccccc2)cc1. The van der Waals surface area contributed by atoms with Gasteiger partial charge in [0.05, 0.1) is 17.6 Å². The zero-order valence-corrected chi connectivity index (χ0v) is 25.4. The molecule has 1 aromatic heterocycles. The van der Waals surface area contributed by atoms with E-state index in [0.717, 1.165) is 45.1 Å². The summed E-state index contributed by atoms with van der Waals surface area (Å²) in [6.45, 7) is 0.505. The third-order valence-corrected chi connectivity index (χ3v) is 7.71. The molecule has 0 atom stereocenters. The number of halogens is 1. The van der Waals surface area contributed by atoms with Crippen LogP contribution in [0.1, 0.15) is 21.5 Å². The number of hydrogen-bond acceptors (Lipinski definition) is 3. The maximum Gasteiger partial charge on any atom is 0.271 e. The highest BCUT2D eigenvalue weighted by Gasteiger charge is 2.14. The largest absolute Gasteiger partial charge is 0.489 e. The van der Waals surface area contributed by atoms with Crippen LogP contribution in [0.25, 0.3) is 28.2 Å². The first-order valence-corrected chi connectivity index (χ1v) is 15.0. The number of rotatable bonds is 9. The van der Waals surface area contributed by atoms with E-state index in [1.807, 2.05) is 84.9 Å². The van der Waals surface area contributed by atoms with Gasteiger partial charge in [-0.1, -0.05) is 72.8 Å². The number of carbonyl (C=O) groups is 1. The van der Waals surface area contributed by atoms with Gasteiger partial charge in [0.15, 0.2) is 0 Å². The Hall–Kier alpha value is -4.95. The van der Waals surface area contributed by atoms with Crippen LogP contribution in [0.3, 0.4) is 0 Å². The van der Waals surface area contributed by atoms with Crippen LogP contribution in [-0.2, 0) is 6.61 Å². The number of benzene rings is 5. The number of hydrogen-bond donors (Lipinski definition) is 1. The molecule has 0 bridgehead atoms. The molecule has 5 aromatic carbocycles. The van der Waals surface area contributed by atoms with E-state index < -0.39 is 0 Å². The molecule has 6 heteroatoms. The van der Waals surface area contributed by atoms with E-state index in [9.17, 15) is 4.79 Å². The Bertz CT molecular complexity index is 1770. The topological polar surface area (TPSA) is 55.6 Å². The first kappa shape index (κ1) is 28.2. The van der Waals surface area contributed by atoms with Gasteiger partial charge in [-0.05, 0) is 118 Å². The van der Waals surface area contributed by atoms with Crippen LogP contribution in [0, 0.1) is 3.57 Å². The van der Waals surface area contributed by atoms with E-state index in [1.165, 1.54) is 3.57 Å². The molecular formula is C37H28IN3O2. The Morgan fingerprint density at radius 2 is 1.28 bits per heavy atom. The van der Waals surface area contributed by atoms with Gasteiger partial charge in [-0.15, -0.1) is 0 Å². The molecule has 1 amide bonds. The van der Waals surface area contributed by atoms with Crippen LogP contribution in [0.2, 0.25) is 0 Å². The fourth-order valence-electron chi connectivity index (χ4n) is 4.77. The van der Waals surface area contributed by atoms with Gasteiger partial charge in [-0.3, -0.25) is 4.79 Å². The van der Waals surface area contributed by atoms with Gasteiger partial charge in [0.25, 0.3) is 5.91 Å². The van der Waals surface area contributed by atoms with E-state index in [1.54, 1.807) is 6.21 Å². The smallest absolute Gasteiger partial charge is 0.271 e. The lowest BCUT2D eigenvalue weighted by atomic mass is 10.1. The van der Waals surface area contributed by atoms with Crippen LogP contribution in [0.4, 0.5) is 0 Å². The maximum absolute atomic E-state index is 12.9. The van der Waals surface area contributed by atoms with Crippen molar-refractivity contribution >= 4 is 34.7 Å². The highest BCUT2D eigenvalue weighted by Crippen LogP contribution is 2.32. The van der Waals surface area contributed by atoms with E-state index in [0.29, 0.717) is 12.2 Å². The highest BCUT2D eigenvalue weighted by atomic mass is 127. The van der Waals surface area contributed by atoms with Crippen molar-refractivity contribution in [2.45, 2.75) is 6.61 Å².